The Morgan fingerprint density at radius 3 is 3.14 bits per heavy atom. The van der Waals surface area contributed by atoms with E-state index in [1.54, 1.807) is 0 Å². The molecule has 0 saturated carbocycles. The quantitative estimate of drug-likeness (QED) is 0.890. The van der Waals surface area contributed by atoms with E-state index in [4.69, 9.17) is 4.74 Å². The van der Waals surface area contributed by atoms with Crippen LogP contribution < -0.4 is 15.4 Å². The first-order valence-corrected chi connectivity index (χ1v) is 8.31. The van der Waals surface area contributed by atoms with Crippen molar-refractivity contribution >= 4 is 5.69 Å². The maximum absolute atomic E-state index is 5.97. The molecule has 2 N–H and O–H groups in total. The molecule has 116 valence electrons. The van der Waals surface area contributed by atoms with Gasteiger partial charge in [0.05, 0.1) is 12.2 Å². The number of hydrogen-bond acceptors (Lipinski definition) is 4. The molecule has 1 saturated heterocycles. The second-order valence-electron chi connectivity index (χ2n) is 6.05. The SMILES string of the molecule is CCC1CNc2cc(CCN3CCCNCC3)ccc2O1. The Balaban J connectivity index is 1.57. The topological polar surface area (TPSA) is 36.5 Å². The van der Waals surface area contributed by atoms with Gasteiger partial charge in [0.15, 0.2) is 0 Å². The van der Waals surface area contributed by atoms with Crippen LogP contribution in [0.3, 0.4) is 0 Å². The molecule has 1 aromatic rings. The normalized spacial score (nSPS) is 22.8. The highest BCUT2D eigenvalue weighted by Crippen LogP contribution is 2.30. The van der Waals surface area contributed by atoms with Gasteiger partial charge >= 0.3 is 0 Å². The lowest BCUT2D eigenvalue weighted by atomic mass is 10.1. The minimum atomic E-state index is 0.313. The summed E-state index contributed by atoms with van der Waals surface area (Å²) < 4.78 is 5.97. The van der Waals surface area contributed by atoms with Crippen molar-refractivity contribution < 1.29 is 4.74 Å². The maximum Gasteiger partial charge on any atom is 0.142 e. The summed E-state index contributed by atoms with van der Waals surface area (Å²) in [5, 5.41) is 6.96. The van der Waals surface area contributed by atoms with Gasteiger partial charge in [-0.2, -0.15) is 0 Å². The molecule has 2 aliphatic rings. The van der Waals surface area contributed by atoms with Crippen LogP contribution in [-0.2, 0) is 6.42 Å². The van der Waals surface area contributed by atoms with Crippen LogP contribution in [-0.4, -0.2) is 50.3 Å². The van der Waals surface area contributed by atoms with Gasteiger partial charge in [0.2, 0.25) is 0 Å². The zero-order chi connectivity index (χ0) is 14.5. The predicted octanol–water partition coefficient (Wildman–Crippen LogP) is 2.11. The van der Waals surface area contributed by atoms with Crippen molar-refractivity contribution in [3.8, 4) is 5.75 Å². The third-order valence-electron chi connectivity index (χ3n) is 4.46. The number of ether oxygens (including phenoxy) is 1. The summed E-state index contributed by atoms with van der Waals surface area (Å²) >= 11 is 0. The van der Waals surface area contributed by atoms with Crippen molar-refractivity contribution in [2.45, 2.75) is 32.3 Å². The molecule has 0 bridgehead atoms. The highest BCUT2D eigenvalue weighted by atomic mass is 16.5. The monoisotopic (exact) mass is 289 g/mol. The van der Waals surface area contributed by atoms with Gasteiger partial charge in [-0.3, -0.25) is 0 Å². The zero-order valence-electron chi connectivity index (χ0n) is 13.0. The Morgan fingerprint density at radius 2 is 2.24 bits per heavy atom. The summed E-state index contributed by atoms with van der Waals surface area (Å²) in [6.45, 7) is 8.92. The molecule has 0 radical (unpaired) electrons. The van der Waals surface area contributed by atoms with Crippen LogP contribution in [0.25, 0.3) is 0 Å². The van der Waals surface area contributed by atoms with Crippen molar-refractivity contribution in [2.24, 2.45) is 0 Å². The van der Waals surface area contributed by atoms with E-state index < -0.39 is 0 Å². The minimum Gasteiger partial charge on any atom is -0.486 e. The molecular weight excluding hydrogens is 262 g/mol. The van der Waals surface area contributed by atoms with Crippen molar-refractivity contribution in [3.63, 3.8) is 0 Å². The molecular formula is C17H27N3O. The molecule has 1 aromatic carbocycles. The van der Waals surface area contributed by atoms with Gasteiger partial charge in [-0.1, -0.05) is 13.0 Å². The Bertz CT molecular complexity index is 455. The van der Waals surface area contributed by atoms with Crippen LogP contribution in [0.4, 0.5) is 5.69 Å². The second-order valence-corrected chi connectivity index (χ2v) is 6.05. The molecule has 1 atom stereocenters. The Hall–Kier alpha value is -1.26. The Morgan fingerprint density at radius 1 is 1.29 bits per heavy atom. The maximum atomic E-state index is 5.97. The molecule has 0 amide bonds. The van der Waals surface area contributed by atoms with E-state index in [-0.39, 0.29) is 0 Å². The molecule has 4 nitrogen and oxygen atoms in total. The van der Waals surface area contributed by atoms with E-state index in [2.05, 4.69) is 40.7 Å². The summed E-state index contributed by atoms with van der Waals surface area (Å²) in [5.74, 6) is 1.01. The first kappa shape index (κ1) is 14.7. The average Bonchev–Trinajstić information content (AvgIpc) is 2.81. The number of fused-ring (bicyclic) bond motifs is 1. The fourth-order valence-corrected chi connectivity index (χ4v) is 3.06. The van der Waals surface area contributed by atoms with Crippen molar-refractivity contribution in [1.29, 1.82) is 0 Å². The average molecular weight is 289 g/mol. The molecule has 1 fully saturated rings. The van der Waals surface area contributed by atoms with Crippen LogP contribution >= 0.6 is 0 Å². The zero-order valence-corrected chi connectivity index (χ0v) is 13.0. The van der Waals surface area contributed by atoms with Gasteiger partial charge in [-0.25, -0.2) is 0 Å². The lowest BCUT2D eigenvalue weighted by Crippen LogP contribution is -2.31. The summed E-state index contributed by atoms with van der Waals surface area (Å²) in [5.41, 5.74) is 2.56. The van der Waals surface area contributed by atoms with E-state index in [0.717, 1.165) is 50.5 Å². The van der Waals surface area contributed by atoms with E-state index in [1.165, 1.54) is 25.1 Å². The molecule has 0 spiro atoms. The van der Waals surface area contributed by atoms with Crippen LogP contribution in [0.2, 0.25) is 0 Å². The predicted molar refractivity (Wildman–Crippen MR) is 87.3 cm³/mol. The van der Waals surface area contributed by atoms with Gasteiger partial charge in [-0.05, 0) is 50.0 Å². The van der Waals surface area contributed by atoms with Gasteiger partial charge < -0.3 is 20.3 Å². The molecule has 2 heterocycles. The fraction of sp³-hybridized carbons (Fsp3) is 0.647. The van der Waals surface area contributed by atoms with E-state index >= 15 is 0 Å². The molecule has 2 aliphatic heterocycles. The minimum absolute atomic E-state index is 0.313. The molecule has 3 rings (SSSR count). The number of rotatable bonds is 4. The number of benzene rings is 1. The molecule has 21 heavy (non-hydrogen) atoms. The summed E-state index contributed by atoms with van der Waals surface area (Å²) in [4.78, 5) is 2.57. The number of nitrogens with zero attached hydrogens (tertiary/aromatic N) is 1. The van der Waals surface area contributed by atoms with E-state index in [0.29, 0.717) is 6.10 Å². The summed E-state index contributed by atoms with van der Waals surface area (Å²) in [6.07, 6.45) is 3.74. The molecule has 1 unspecified atom stereocenters. The smallest absolute Gasteiger partial charge is 0.142 e. The Labute approximate surface area is 127 Å². The number of nitrogens with one attached hydrogen (secondary N) is 2. The van der Waals surface area contributed by atoms with Crippen LogP contribution in [0.15, 0.2) is 18.2 Å². The van der Waals surface area contributed by atoms with E-state index in [9.17, 15) is 0 Å². The summed E-state index contributed by atoms with van der Waals surface area (Å²) in [7, 11) is 0. The third-order valence-corrected chi connectivity index (χ3v) is 4.46. The van der Waals surface area contributed by atoms with Crippen LogP contribution in [0.1, 0.15) is 25.3 Å². The first-order valence-electron chi connectivity index (χ1n) is 8.31. The largest absolute Gasteiger partial charge is 0.486 e. The van der Waals surface area contributed by atoms with Crippen LogP contribution in [0, 0.1) is 0 Å². The fourth-order valence-electron chi connectivity index (χ4n) is 3.06. The lowest BCUT2D eigenvalue weighted by Gasteiger charge is -2.27. The number of hydrogen-bond donors (Lipinski definition) is 2. The molecule has 0 aromatic heterocycles. The van der Waals surface area contributed by atoms with Gasteiger partial charge in [0.1, 0.15) is 11.9 Å². The first-order chi connectivity index (χ1) is 10.3. The highest BCUT2D eigenvalue weighted by Gasteiger charge is 2.17. The lowest BCUT2D eigenvalue weighted by molar-refractivity contribution is 0.201. The standard InChI is InChI=1S/C17H27N3O/c1-2-15-13-19-16-12-14(4-5-17(16)21-15)6-10-20-9-3-7-18-8-11-20/h4-5,12,15,18-19H,2-3,6-11,13H2,1H3. The van der Waals surface area contributed by atoms with Crippen molar-refractivity contribution in [2.75, 3.05) is 44.6 Å². The molecule has 4 heteroatoms. The number of anilines is 1. The van der Waals surface area contributed by atoms with E-state index in [1.807, 2.05) is 0 Å². The van der Waals surface area contributed by atoms with Gasteiger partial charge in [0.25, 0.3) is 0 Å². The molecule has 0 aliphatic carbocycles. The second kappa shape index (κ2) is 7.14. The highest BCUT2D eigenvalue weighted by molar-refractivity contribution is 5.59. The third kappa shape index (κ3) is 3.89. The van der Waals surface area contributed by atoms with Crippen LogP contribution in [0.5, 0.6) is 5.75 Å². The van der Waals surface area contributed by atoms with Crippen molar-refractivity contribution in [1.82, 2.24) is 10.2 Å². The Kier molecular flexibility index (Phi) is 4.99. The van der Waals surface area contributed by atoms with Crippen molar-refractivity contribution in [3.05, 3.63) is 23.8 Å². The van der Waals surface area contributed by atoms with Gasteiger partial charge in [0, 0.05) is 19.6 Å². The summed E-state index contributed by atoms with van der Waals surface area (Å²) in [6, 6.07) is 6.61. The van der Waals surface area contributed by atoms with Gasteiger partial charge in [-0.15, -0.1) is 0 Å².